The minimum Gasteiger partial charge on any atom is -0.481 e. The third kappa shape index (κ3) is 3.53. The normalized spacial score (nSPS) is 27.3. The van der Waals surface area contributed by atoms with Gasteiger partial charge in [0.05, 0.1) is 5.92 Å². The molecule has 1 heterocycles. The van der Waals surface area contributed by atoms with E-state index in [1.807, 2.05) is 0 Å². The maximum absolute atomic E-state index is 10.8. The van der Waals surface area contributed by atoms with Gasteiger partial charge in [-0.3, -0.25) is 4.79 Å². The molecule has 0 amide bonds. The van der Waals surface area contributed by atoms with Gasteiger partial charge in [-0.2, -0.15) is 0 Å². The molecule has 0 aliphatic carbocycles. The van der Waals surface area contributed by atoms with E-state index in [0.29, 0.717) is 18.4 Å². The predicted octanol–water partition coefficient (Wildman–Crippen LogP) is 1.37. The summed E-state index contributed by atoms with van der Waals surface area (Å²) in [7, 11) is 0. The second kappa shape index (κ2) is 5.45. The molecule has 2 N–H and O–H groups in total. The van der Waals surface area contributed by atoms with E-state index in [9.17, 15) is 4.79 Å². The van der Waals surface area contributed by atoms with Crippen molar-refractivity contribution >= 4 is 18.4 Å². The zero-order chi connectivity index (χ0) is 9.14. The molecule has 0 aromatic carbocycles. The average Bonchev–Trinajstić information content (AvgIpc) is 2.33. The predicted molar refractivity (Wildman–Crippen MR) is 54.2 cm³/mol. The number of aliphatic carboxylic acids is 1. The first-order valence-corrected chi connectivity index (χ1v) is 4.54. The van der Waals surface area contributed by atoms with Crippen molar-refractivity contribution in [3.8, 4) is 0 Å². The van der Waals surface area contributed by atoms with Crippen LogP contribution < -0.4 is 5.32 Å². The zero-order valence-corrected chi connectivity index (χ0v) is 8.93. The lowest BCUT2D eigenvalue weighted by molar-refractivity contribution is -0.142. The van der Waals surface area contributed by atoms with Gasteiger partial charge in [-0.15, -0.1) is 12.4 Å². The molecule has 4 heteroatoms. The summed E-state index contributed by atoms with van der Waals surface area (Å²) in [6.07, 6.45) is 1.02. The fraction of sp³-hybridized carbons (Fsp3) is 0.889. The van der Waals surface area contributed by atoms with Crippen molar-refractivity contribution in [3.05, 3.63) is 0 Å². The Morgan fingerprint density at radius 2 is 2.15 bits per heavy atom. The van der Waals surface area contributed by atoms with Gasteiger partial charge in [0.2, 0.25) is 0 Å². The van der Waals surface area contributed by atoms with Crippen LogP contribution in [0.25, 0.3) is 0 Å². The Labute approximate surface area is 85.3 Å². The molecule has 1 fully saturated rings. The molecular formula is C9H18ClNO2. The fourth-order valence-electron chi connectivity index (χ4n) is 1.88. The third-order valence-corrected chi connectivity index (χ3v) is 2.43. The Balaban J connectivity index is 0.00000144. The molecule has 1 aliphatic heterocycles. The van der Waals surface area contributed by atoms with E-state index in [2.05, 4.69) is 19.2 Å². The summed E-state index contributed by atoms with van der Waals surface area (Å²) in [5.74, 6) is 0.122. The molecule has 1 rings (SSSR count). The van der Waals surface area contributed by atoms with Gasteiger partial charge in [-0.25, -0.2) is 0 Å². The van der Waals surface area contributed by atoms with Crippen LogP contribution in [0.2, 0.25) is 0 Å². The highest BCUT2D eigenvalue weighted by molar-refractivity contribution is 5.85. The zero-order valence-electron chi connectivity index (χ0n) is 8.12. The molecule has 0 unspecified atom stereocenters. The first kappa shape index (κ1) is 12.7. The smallest absolute Gasteiger partial charge is 0.308 e. The van der Waals surface area contributed by atoms with Crippen LogP contribution in [-0.4, -0.2) is 24.2 Å². The van der Waals surface area contributed by atoms with Crippen LogP contribution in [-0.2, 0) is 4.79 Å². The topological polar surface area (TPSA) is 49.3 Å². The van der Waals surface area contributed by atoms with E-state index in [4.69, 9.17) is 5.11 Å². The van der Waals surface area contributed by atoms with Crippen molar-refractivity contribution in [3.63, 3.8) is 0 Å². The lowest BCUT2D eigenvalue weighted by Crippen LogP contribution is -2.23. The summed E-state index contributed by atoms with van der Waals surface area (Å²) in [6.45, 7) is 5.79. The molecule has 13 heavy (non-hydrogen) atoms. The van der Waals surface area contributed by atoms with Crippen molar-refractivity contribution in [1.29, 1.82) is 0 Å². The van der Waals surface area contributed by atoms with E-state index < -0.39 is 5.97 Å². The summed E-state index contributed by atoms with van der Waals surface area (Å²) < 4.78 is 0. The van der Waals surface area contributed by atoms with E-state index in [1.165, 1.54) is 0 Å². The van der Waals surface area contributed by atoms with Crippen LogP contribution in [0.1, 0.15) is 20.3 Å². The van der Waals surface area contributed by atoms with Gasteiger partial charge in [0.25, 0.3) is 0 Å². The van der Waals surface area contributed by atoms with Crippen LogP contribution in [0.3, 0.4) is 0 Å². The van der Waals surface area contributed by atoms with E-state index in [-0.39, 0.29) is 18.3 Å². The SMILES string of the molecule is CC(C)C[C@@H]1CNC[C@H]1C(=O)O.Cl. The number of rotatable bonds is 3. The standard InChI is InChI=1S/C9H17NO2.ClH/c1-6(2)3-7-4-10-5-8(7)9(11)12;/h6-8,10H,3-5H2,1-2H3,(H,11,12);1H/t7-,8-;/m1./s1. The molecule has 0 aromatic rings. The molecule has 3 nitrogen and oxygen atoms in total. The van der Waals surface area contributed by atoms with Gasteiger partial charge in [0.1, 0.15) is 0 Å². The van der Waals surface area contributed by atoms with Crippen molar-refractivity contribution in [2.75, 3.05) is 13.1 Å². The molecule has 0 bridgehead atoms. The fourth-order valence-corrected chi connectivity index (χ4v) is 1.88. The van der Waals surface area contributed by atoms with Gasteiger partial charge < -0.3 is 10.4 Å². The first-order chi connectivity index (χ1) is 5.61. The number of halogens is 1. The van der Waals surface area contributed by atoms with Crippen molar-refractivity contribution in [2.24, 2.45) is 17.8 Å². The Bertz CT molecular complexity index is 173. The number of hydrogen-bond donors (Lipinski definition) is 2. The van der Waals surface area contributed by atoms with Gasteiger partial charge in [-0.1, -0.05) is 13.8 Å². The molecule has 78 valence electrons. The Morgan fingerprint density at radius 3 is 2.62 bits per heavy atom. The minimum absolute atomic E-state index is 0. The summed E-state index contributed by atoms with van der Waals surface area (Å²) in [5.41, 5.74) is 0. The van der Waals surface area contributed by atoms with Crippen LogP contribution in [0.5, 0.6) is 0 Å². The summed E-state index contributed by atoms with van der Waals surface area (Å²) in [6, 6.07) is 0. The van der Waals surface area contributed by atoms with Crippen LogP contribution in [0.15, 0.2) is 0 Å². The van der Waals surface area contributed by atoms with Crippen molar-refractivity contribution in [2.45, 2.75) is 20.3 Å². The molecule has 1 saturated heterocycles. The maximum atomic E-state index is 10.8. The van der Waals surface area contributed by atoms with E-state index in [1.54, 1.807) is 0 Å². The highest BCUT2D eigenvalue weighted by Gasteiger charge is 2.32. The minimum atomic E-state index is -0.648. The second-order valence-corrected chi connectivity index (χ2v) is 3.99. The molecule has 2 atom stereocenters. The summed E-state index contributed by atoms with van der Waals surface area (Å²) in [5, 5.41) is 12.0. The second-order valence-electron chi connectivity index (χ2n) is 3.99. The Morgan fingerprint density at radius 1 is 1.54 bits per heavy atom. The Hall–Kier alpha value is -0.280. The lowest BCUT2D eigenvalue weighted by atomic mass is 9.88. The molecule has 0 radical (unpaired) electrons. The maximum Gasteiger partial charge on any atom is 0.308 e. The molecular weight excluding hydrogens is 190 g/mol. The summed E-state index contributed by atoms with van der Waals surface area (Å²) >= 11 is 0. The average molecular weight is 208 g/mol. The van der Waals surface area contributed by atoms with Crippen LogP contribution in [0.4, 0.5) is 0 Å². The molecule has 0 spiro atoms. The molecule has 0 saturated carbocycles. The van der Waals surface area contributed by atoms with Crippen molar-refractivity contribution in [1.82, 2.24) is 5.32 Å². The van der Waals surface area contributed by atoms with Crippen LogP contribution in [0, 0.1) is 17.8 Å². The highest BCUT2D eigenvalue weighted by Crippen LogP contribution is 2.23. The Kier molecular flexibility index (Phi) is 5.33. The number of carboxylic acids is 1. The largest absolute Gasteiger partial charge is 0.481 e. The number of hydrogen-bond acceptors (Lipinski definition) is 2. The molecule has 0 aromatic heterocycles. The van der Waals surface area contributed by atoms with Gasteiger partial charge in [0.15, 0.2) is 0 Å². The number of carboxylic acid groups (broad SMARTS) is 1. The summed E-state index contributed by atoms with van der Waals surface area (Å²) in [4.78, 5) is 10.8. The quantitative estimate of drug-likeness (QED) is 0.735. The first-order valence-electron chi connectivity index (χ1n) is 4.54. The third-order valence-electron chi connectivity index (χ3n) is 2.43. The van der Waals surface area contributed by atoms with E-state index >= 15 is 0 Å². The van der Waals surface area contributed by atoms with Crippen LogP contribution >= 0.6 is 12.4 Å². The number of nitrogens with one attached hydrogen (secondary N) is 1. The monoisotopic (exact) mass is 207 g/mol. The molecule has 1 aliphatic rings. The van der Waals surface area contributed by atoms with E-state index in [0.717, 1.165) is 13.0 Å². The van der Waals surface area contributed by atoms with Gasteiger partial charge in [0, 0.05) is 6.54 Å². The van der Waals surface area contributed by atoms with Gasteiger partial charge >= 0.3 is 5.97 Å². The van der Waals surface area contributed by atoms with Crippen molar-refractivity contribution < 1.29 is 9.90 Å². The highest BCUT2D eigenvalue weighted by atomic mass is 35.5. The number of carbonyl (C=O) groups is 1. The lowest BCUT2D eigenvalue weighted by Gasteiger charge is -2.16. The van der Waals surface area contributed by atoms with Gasteiger partial charge in [-0.05, 0) is 24.8 Å².